The Labute approximate surface area is 211 Å². The Kier molecular flexibility index (Phi) is 6.71. The lowest BCUT2D eigenvalue weighted by Gasteiger charge is -2.13. The summed E-state index contributed by atoms with van der Waals surface area (Å²) in [7, 11) is 4.19. The second kappa shape index (κ2) is 10.1. The highest BCUT2D eigenvalue weighted by atomic mass is 35.5. The fourth-order valence-corrected chi connectivity index (χ4v) is 4.81. The number of halogens is 1. The number of nitrogens with zero attached hydrogens (tertiary/aromatic N) is 4. The molecule has 0 amide bonds. The van der Waals surface area contributed by atoms with Crippen molar-refractivity contribution in [2.75, 3.05) is 32.5 Å². The third-order valence-electron chi connectivity index (χ3n) is 6.29. The van der Waals surface area contributed by atoms with Crippen molar-refractivity contribution in [3.8, 4) is 11.4 Å². The van der Waals surface area contributed by atoms with E-state index in [4.69, 9.17) is 21.6 Å². The molecule has 0 radical (unpaired) electrons. The van der Waals surface area contributed by atoms with Crippen molar-refractivity contribution in [1.29, 1.82) is 0 Å². The number of rotatable bonds is 8. The predicted octanol–water partition coefficient (Wildman–Crippen LogP) is 6.63. The second-order valence-corrected chi connectivity index (χ2v) is 9.65. The minimum Gasteiger partial charge on any atom is -0.369 e. The number of nitrogens with one attached hydrogen (secondary N) is 1. The van der Waals surface area contributed by atoms with Crippen LogP contribution in [0.4, 0.5) is 5.82 Å². The fraction of sp³-hybridized carbons (Fsp3) is 0.241. The van der Waals surface area contributed by atoms with E-state index in [0.717, 1.165) is 64.8 Å². The zero-order valence-electron chi connectivity index (χ0n) is 20.4. The molecule has 3 aromatic carbocycles. The van der Waals surface area contributed by atoms with Crippen molar-refractivity contribution >= 4 is 39.2 Å². The first-order chi connectivity index (χ1) is 17.0. The van der Waals surface area contributed by atoms with Crippen LogP contribution >= 0.6 is 11.6 Å². The van der Waals surface area contributed by atoms with Gasteiger partial charge in [-0.2, -0.15) is 0 Å². The monoisotopic (exact) mass is 483 g/mol. The topological polar surface area (TPSA) is 46.0 Å². The van der Waals surface area contributed by atoms with Crippen LogP contribution in [0.5, 0.6) is 0 Å². The number of para-hydroxylation sites is 1. The molecule has 2 aromatic heterocycles. The number of aromatic nitrogens is 3. The van der Waals surface area contributed by atoms with Crippen molar-refractivity contribution in [2.45, 2.75) is 19.9 Å². The maximum absolute atomic E-state index is 6.76. The van der Waals surface area contributed by atoms with Gasteiger partial charge in [-0.1, -0.05) is 60.1 Å². The van der Waals surface area contributed by atoms with Crippen molar-refractivity contribution < 1.29 is 0 Å². The van der Waals surface area contributed by atoms with Gasteiger partial charge in [0.25, 0.3) is 0 Å². The summed E-state index contributed by atoms with van der Waals surface area (Å²) in [4.78, 5) is 12.3. The van der Waals surface area contributed by atoms with E-state index < -0.39 is 0 Å². The summed E-state index contributed by atoms with van der Waals surface area (Å²) in [6.07, 6.45) is 3.17. The quantitative estimate of drug-likeness (QED) is 0.252. The molecule has 0 aliphatic heterocycles. The van der Waals surface area contributed by atoms with Gasteiger partial charge in [-0.25, -0.2) is 9.97 Å². The lowest BCUT2D eigenvalue weighted by molar-refractivity contribution is 0.405. The van der Waals surface area contributed by atoms with E-state index in [1.165, 1.54) is 5.56 Å². The standard InChI is InChI=1S/C29H30ClN5/c1-20-10-7-13-22-27(20)32-29(33-28(22)31-16-9-17-34(2)3)23-19-35(18-21-11-5-4-6-12-21)25-15-8-14-24(30)26(23)25/h4-8,10-15,19H,9,16-18H2,1-3H3,(H,31,32,33). The molecule has 5 nitrogen and oxygen atoms in total. The minimum absolute atomic E-state index is 0.687. The zero-order valence-corrected chi connectivity index (χ0v) is 21.2. The fourth-order valence-electron chi connectivity index (χ4n) is 4.54. The summed E-state index contributed by atoms with van der Waals surface area (Å²) >= 11 is 6.76. The first kappa shape index (κ1) is 23.3. The van der Waals surface area contributed by atoms with Gasteiger partial charge in [0.1, 0.15) is 5.82 Å². The Bertz CT molecular complexity index is 1470. The van der Waals surface area contributed by atoms with E-state index in [2.05, 4.69) is 90.5 Å². The molecule has 0 unspecified atom stereocenters. The number of fused-ring (bicyclic) bond motifs is 2. The van der Waals surface area contributed by atoms with Gasteiger partial charge in [0.15, 0.2) is 5.82 Å². The third kappa shape index (κ3) is 4.88. The third-order valence-corrected chi connectivity index (χ3v) is 6.61. The van der Waals surface area contributed by atoms with Crippen LogP contribution in [0.25, 0.3) is 33.2 Å². The molecule has 0 aliphatic carbocycles. The molecule has 2 heterocycles. The first-order valence-electron chi connectivity index (χ1n) is 12.0. The number of anilines is 1. The van der Waals surface area contributed by atoms with Crippen LogP contribution < -0.4 is 5.32 Å². The van der Waals surface area contributed by atoms with Gasteiger partial charge in [0.2, 0.25) is 0 Å². The number of hydrogen-bond donors (Lipinski definition) is 1. The first-order valence-corrected chi connectivity index (χ1v) is 12.4. The van der Waals surface area contributed by atoms with Gasteiger partial charge in [0, 0.05) is 35.6 Å². The number of hydrogen-bond acceptors (Lipinski definition) is 4. The van der Waals surface area contributed by atoms with E-state index in [-0.39, 0.29) is 0 Å². The average molecular weight is 484 g/mol. The van der Waals surface area contributed by atoms with Crippen LogP contribution in [0.3, 0.4) is 0 Å². The molecule has 35 heavy (non-hydrogen) atoms. The molecule has 0 bridgehead atoms. The summed E-state index contributed by atoms with van der Waals surface area (Å²) in [5.41, 5.74) is 5.34. The molecule has 0 atom stereocenters. The van der Waals surface area contributed by atoms with Crippen LogP contribution in [-0.2, 0) is 6.54 Å². The Morgan fingerprint density at radius 2 is 1.74 bits per heavy atom. The Balaban J connectivity index is 1.63. The molecule has 0 fully saturated rings. The Morgan fingerprint density at radius 3 is 2.54 bits per heavy atom. The normalized spacial score (nSPS) is 11.6. The largest absolute Gasteiger partial charge is 0.369 e. The molecule has 6 heteroatoms. The van der Waals surface area contributed by atoms with Crippen molar-refractivity contribution in [2.24, 2.45) is 0 Å². The maximum Gasteiger partial charge on any atom is 0.164 e. The molecule has 5 aromatic rings. The molecule has 0 saturated carbocycles. The van der Waals surface area contributed by atoms with E-state index in [9.17, 15) is 0 Å². The van der Waals surface area contributed by atoms with Gasteiger partial charge in [-0.15, -0.1) is 0 Å². The highest BCUT2D eigenvalue weighted by Crippen LogP contribution is 2.36. The number of aryl methyl sites for hydroxylation is 1. The molecular formula is C29H30ClN5. The SMILES string of the molecule is Cc1cccc2c(NCCCN(C)C)nc(-c3cn(Cc4ccccc4)c4cccc(Cl)c34)nc12. The van der Waals surface area contributed by atoms with Crippen LogP contribution in [-0.4, -0.2) is 46.6 Å². The smallest absolute Gasteiger partial charge is 0.164 e. The van der Waals surface area contributed by atoms with Gasteiger partial charge in [-0.3, -0.25) is 0 Å². The molecule has 0 saturated heterocycles. The average Bonchev–Trinajstić information content (AvgIpc) is 3.22. The summed E-state index contributed by atoms with van der Waals surface area (Å²) < 4.78 is 2.24. The minimum atomic E-state index is 0.687. The van der Waals surface area contributed by atoms with Crippen molar-refractivity contribution in [1.82, 2.24) is 19.4 Å². The van der Waals surface area contributed by atoms with Gasteiger partial charge < -0.3 is 14.8 Å². The highest BCUT2D eigenvalue weighted by molar-refractivity contribution is 6.36. The lowest BCUT2D eigenvalue weighted by atomic mass is 10.1. The van der Waals surface area contributed by atoms with Crippen LogP contribution in [0.1, 0.15) is 17.5 Å². The molecule has 0 spiro atoms. The summed E-state index contributed by atoms with van der Waals surface area (Å²) in [5.74, 6) is 1.55. The van der Waals surface area contributed by atoms with Gasteiger partial charge >= 0.3 is 0 Å². The van der Waals surface area contributed by atoms with Crippen LogP contribution in [0.15, 0.2) is 72.9 Å². The molecule has 1 N–H and O–H groups in total. The second-order valence-electron chi connectivity index (χ2n) is 9.24. The van der Waals surface area contributed by atoms with E-state index in [0.29, 0.717) is 10.8 Å². The van der Waals surface area contributed by atoms with Crippen molar-refractivity contribution in [3.63, 3.8) is 0 Å². The summed E-state index contributed by atoms with van der Waals surface area (Å²) in [5, 5.41) is 6.30. The van der Waals surface area contributed by atoms with Crippen LogP contribution in [0.2, 0.25) is 5.02 Å². The molecule has 0 aliphatic rings. The Hall–Kier alpha value is -3.41. The highest BCUT2D eigenvalue weighted by Gasteiger charge is 2.18. The predicted molar refractivity (Wildman–Crippen MR) is 147 cm³/mol. The lowest BCUT2D eigenvalue weighted by Crippen LogP contribution is -2.17. The van der Waals surface area contributed by atoms with E-state index >= 15 is 0 Å². The van der Waals surface area contributed by atoms with Gasteiger partial charge in [-0.05, 0) is 63.3 Å². The molecular weight excluding hydrogens is 454 g/mol. The van der Waals surface area contributed by atoms with Crippen molar-refractivity contribution in [3.05, 3.63) is 89.1 Å². The summed E-state index contributed by atoms with van der Waals surface area (Å²) in [6.45, 7) is 4.71. The summed E-state index contributed by atoms with van der Waals surface area (Å²) in [6, 6.07) is 22.8. The van der Waals surface area contributed by atoms with Crippen LogP contribution in [0, 0.1) is 6.92 Å². The van der Waals surface area contributed by atoms with Gasteiger partial charge in [0.05, 0.1) is 16.1 Å². The molecule has 5 rings (SSSR count). The van der Waals surface area contributed by atoms with E-state index in [1.54, 1.807) is 0 Å². The number of benzene rings is 3. The maximum atomic E-state index is 6.76. The zero-order chi connectivity index (χ0) is 24.4. The molecule has 178 valence electrons. The van der Waals surface area contributed by atoms with E-state index in [1.807, 2.05) is 18.2 Å². The Morgan fingerprint density at radius 1 is 0.943 bits per heavy atom.